The third kappa shape index (κ3) is 2.48. The first kappa shape index (κ1) is 19.1. The van der Waals surface area contributed by atoms with Crippen LogP contribution in [0.15, 0.2) is 54.6 Å². The fraction of sp³-hybridized carbons (Fsp3) is 0.481. The number of rotatable bonds is 4. The Hall–Kier alpha value is -2.62. The van der Waals surface area contributed by atoms with Crippen LogP contribution in [0, 0.1) is 40.9 Å². The topological polar surface area (TPSA) is 52.6 Å². The first-order chi connectivity index (χ1) is 15.0. The van der Waals surface area contributed by atoms with Gasteiger partial charge < -0.3 is 9.47 Å². The second-order valence-corrected chi connectivity index (χ2v) is 10.1. The molecule has 0 amide bonds. The molecule has 4 fully saturated rings. The maximum atomic E-state index is 13.3. The van der Waals surface area contributed by atoms with Gasteiger partial charge in [-0.15, -0.1) is 0 Å². The Balaban J connectivity index is 1.27. The van der Waals surface area contributed by atoms with Crippen molar-refractivity contribution in [3.05, 3.63) is 54.6 Å². The van der Waals surface area contributed by atoms with Gasteiger partial charge in [0.05, 0.1) is 13.0 Å². The number of methoxy groups -OCH3 is 1. The van der Waals surface area contributed by atoms with E-state index in [0.717, 1.165) is 23.6 Å². The molecule has 6 rings (SSSR count). The molecule has 31 heavy (non-hydrogen) atoms. The standard InChI is InChI=1S/C27H28O4/c1-15(25(28)30-2)27-19-9-7-18(11-19)24(27)22-13-20(27)14-23(22)26(29)31-21-10-8-16-5-3-4-6-17(16)12-21/h3-6,8,10,12,18-20,22-24H,1,7,9,11,13-14H2,2H3. The third-order valence-electron chi connectivity index (χ3n) is 9.15. The van der Waals surface area contributed by atoms with Gasteiger partial charge in [0.2, 0.25) is 0 Å². The van der Waals surface area contributed by atoms with Gasteiger partial charge >= 0.3 is 11.9 Å². The minimum Gasteiger partial charge on any atom is -0.466 e. The van der Waals surface area contributed by atoms with Crippen molar-refractivity contribution in [1.29, 1.82) is 0 Å². The molecule has 0 aliphatic heterocycles. The predicted octanol–water partition coefficient (Wildman–Crippen LogP) is 5.16. The molecule has 7 atom stereocenters. The maximum absolute atomic E-state index is 13.3. The third-order valence-corrected chi connectivity index (χ3v) is 9.15. The van der Waals surface area contributed by atoms with Crippen molar-refractivity contribution in [1.82, 2.24) is 0 Å². The Morgan fingerprint density at radius 2 is 1.81 bits per heavy atom. The molecule has 0 saturated heterocycles. The van der Waals surface area contributed by atoms with Crippen LogP contribution in [0.3, 0.4) is 0 Å². The molecule has 0 N–H and O–H groups in total. The van der Waals surface area contributed by atoms with Crippen molar-refractivity contribution in [2.75, 3.05) is 7.11 Å². The van der Waals surface area contributed by atoms with Crippen molar-refractivity contribution in [2.24, 2.45) is 40.9 Å². The zero-order valence-corrected chi connectivity index (χ0v) is 17.9. The molecule has 4 nitrogen and oxygen atoms in total. The van der Waals surface area contributed by atoms with Crippen molar-refractivity contribution >= 4 is 22.7 Å². The van der Waals surface area contributed by atoms with Crippen LogP contribution in [0.5, 0.6) is 5.75 Å². The molecule has 0 aromatic heterocycles. The summed E-state index contributed by atoms with van der Waals surface area (Å²) in [6.07, 6.45) is 5.35. The van der Waals surface area contributed by atoms with Crippen molar-refractivity contribution in [2.45, 2.75) is 32.1 Å². The highest BCUT2D eigenvalue weighted by Crippen LogP contribution is 2.77. The van der Waals surface area contributed by atoms with Gasteiger partial charge in [-0.25, -0.2) is 4.79 Å². The lowest BCUT2D eigenvalue weighted by molar-refractivity contribution is -0.144. The first-order valence-electron chi connectivity index (χ1n) is 11.5. The number of hydrogen-bond acceptors (Lipinski definition) is 4. The molecule has 2 aromatic carbocycles. The van der Waals surface area contributed by atoms with Crippen LogP contribution < -0.4 is 4.74 Å². The minimum atomic E-state index is -0.264. The second-order valence-electron chi connectivity index (χ2n) is 10.1. The molecule has 4 bridgehead atoms. The molecule has 0 spiro atoms. The summed E-state index contributed by atoms with van der Waals surface area (Å²) in [5.74, 6) is 2.26. The lowest BCUT2D eigenvalue weighted by Crippen LogP contribution is -2.48. The average Bonchev–Trinajstić information content (AvgIpc) is 3.56. The highest BCUT2D eigenvalue weighted by molar-refractivity contribution is 5.90. The van der Waals surface area contributed by atoms with Crippen LogP contribution in [-0.2, 0) is 14.3 Å². The van der Waals surface area contributed by atoms with E-state index in [1.165, 1.54) is 26.4 Å². The van der Waals surface area contributed by atoms with Gasteiger partial charge in [0, 0.05) is 11.0 Å². The molecular weight excluding hydrogens is 388 g/mol. The Morgan fingerprint density at radius 1 is 1.00 bits per heavy atom. The van der Waals surface area contributed by atoms with E-state index >= 15 is 0 Å². The summed E-state index contributed by atoms with van der Waals surface area (Å²) in [4.78, 5) is 25.8. The molecule has 4 heteroatoms. The lowest BCUT2D eigenvalue weighted by Gasteiger charge is -2.49. The average molecular weight is 417 g/mol. The van der Waals surface area contributed by atoms with Gasteiger partial charge in [-0.1, -0.05) is 36.9 Å². The molecule has 2 aromatic rings. The van der Waals surface area contributed by atoms with Gasteiger partial charge in [-0.05, 0) is 84.6 Å². The summed E-state index contributed by atoms with van der Waals surface area (Å²) >= 11 is 0. The molecule has 4 saturated carbocycles. The number of carbonyl (C=O) groups excluding carboxylic acids is 2. The second kappa shape index (κ2) is 6.69. The summed E-state index contributed by atoms with van der Waals surface area (Å²) in [6.45, 7) is 4.25. The fourth-order valence-electron chi connectivity index (χ4n) is 8.29. The van der Waals surface area contributed by atoms with Crippen LogP contribution in [-0.4, -0.2) is 19.0 Å². The molecular formula is C27H28O4. The molecule has 0 radical (unpaired) electrons. The van der Waals surface area contributed by atoms with E-state index in [-0.39, 0.29) is 29.2 Å². The largest absolute Gasteiger partial charge is 0.466 e. The summed E-state index contributed by atoms with van der Waals surface area (Å²) < 4.78 is 11.0. The van der Waals surface area contributed by atoms with Crippen molar-refractivity contribution < 1.29 is 19.1 Å². The number of hydrogen-bond donors (Lipinski definition) is 0. The molecule has 160 valence electrons. The summed E-state index contributed by atoms with van der Waals surface area (Å²) in [5, 5.41) is 2.21. The zero-order valence-electron chi connectivity index (χ0n) is 17.9. The number of esters is 2. The Bertz CT molecular complexity index is 1100. The molecule has 4 aliphatic carbocycles. The van der Waals surface area contributed by atoms with E-state index in [1.54, 1.807) is 0 Å². The van der Waals surface area contributed by atoms with Crippen molar-refractivity contribution in [3.8, 4) is 5.75 Å². The minimum absolute atomic E-state index is 0.0839. The highest BCUT2D eigenvalue weighted by Gasteiger charge is 2.73. The Morgan fingerprint density at radius 3 is 2.61 bits per heavy atom. The van der Waals surface area contributed by atoms with Crippen LogP contribution in [0.4, 0.5) is 0 Å². The number of fused-ring (bicyclic) bond motifs is 10. The summed E-state index contributed by atoms with van der Waals surface area (Å²) in [7, 11) is 1.45. The van der Waals surface area contributed by atoms with E-state index in [2.05, 4.69) is 12.6 Å². The van der Waals surface area contributed by atoms with Crippen LogP contribution in [0.2, 0.25) is 0 Å². The van der Waals surface area contributed by atoms with E-state index in [4.69, 9.17) is 9.47 Å². The Labute approximate surface area is 182 Å². The van der Waals surface area contributed by atoms with E-state index < -0.39 is 0 Å². The number of ether oxygens (including phenoxy) is 2. The monoisotopic (exact) mass is 416 g/mol. The van der Waals surface area contributed by atoms with Gasteiger partial charge in [-0.2, -0.15) is 0 Å². The highest BCUT2D eigenvalue weighted by atomic mass is 16.5. The Kier molecular flexibility index (Phi) is 4.12. The van der Waals surface area contributed by atoms with Gasteiger partial charge in [0.1, 0.15) is 5.75 Å². The van der Waals surface area contributed by atoms with Gasteiger partial charge in [0.15, 0.2) is 0 Å². The van der Waals surface area contributed by atoms with Gasteiger partial charge in [0.25, 0.3) is 0 Å². The lowest BCUT2D eigenvalue weighted by atomic mass is 9.54. The number of benzene rings is 2. The quantitative estimate of drug-likeness (QED) is 0.299. The predicted molar refractivity (Wildman–Crippen MR) is 117 cm³/mol. The molecule has 4 aliphatic rings. The smallest absolute Gasteiger partial charge is 0.333 e. The van der Waals surface area contributed by atoms with Crippen molar-refractivity contribution in [3.63, 3.8) is 0 Å². The van der Waals surface area contributed by atoms with Crippen LogP contribution >= 0.6 is 0 Å². The van der Waals surface area contributed by atoms with Crippen LogP contribution in [0.1, 0.15) is 32.1 Å². The maximum Gasteiger partial charge on any atom is 0.333 e. The van der Waals surface area contributed by atoms with Gasteiger partial charge in [-0.3, -0.25) is 4.79 Å². The summed E-state index contributed by atoms with van der Waals surface area (Å²) in [5.41, 5.74) is 0.515. The fourth-order valence-corrected chi connectivity index (χ4v) is 8.29. The SMILES string of the molecule is C=C(C(=O)OC)C12C3CCC(C3)C1C1CC2CC1C(=O)Oc1ccc2ccccc2c1. The molecule has 0 heterocycles. The number of carbonyl (C=O) groups is 2. The summed E-state index contributed by atoms with van der Waals surface area (Å²) in [6, 6.07) is 13.9. The van der Waals surface area contributed by atoms with E-state index in [1.807, 2.05) is 36.4 Å². The molecule has 7 unspecified atom stereocenters. The normalized spacial score (nSPS) is 37.1. The van der Waals surface area contributed by atoms with E-state index in [0.29, 0.717) is 35.0 Å². The van der Waals surface area contributed by atoms with Crippen LogP contribution in [0.25, 0.3) is 10.8 Å². The first-order valence-corrected chi connectivity index (χ1v) is 11.5. The zero-order chi connectivity index (χ0) is 21.3. The van der Waals surface area contributed by atoms with E-state index in [9.17, 15) is 9.59 Å².